The number of hydrogen-bond acceptors (Lipinski definition) is 6. The van der Waals surface area contributed by atoms with Gasteiger partial charge in [-0.2, -0.15) is 11.8 Å². The number of pyridine rings is 1. The molecule has 2 fully saturated rings. The van der Waals surface area contributed by atoms with Gasteiger partial charge in [-0.25, -0.2) is 9.78 Å². The van der Waals surface area contributed by atoms with Gasteiger partial charge < -0.3 is 14.9 Å². The first-order valence-corrected chi connectivity index (χ1v) is 9.06. The molecule has 8 heteroatoms. The molecule has 0 aromatic carbocycles. The summed E-state index contributed by atoms with van der Waals surface area (Å²) in [4.78, 5) is 29.0. The minimum absolute atomic E-state index is 0.340. The van der Waals surface area contributed by atoms with Gasteiger partial charge in [0, 0.05) is 17.4 Å². The maximum Gasteiger partial charge on any atom is 0.330 e. The molecule has 0 bridgehead atoms. The molecule has 1 saturated heterocycles. The van der Waals surface area contributed by atoms with Crippen molar-refractivity contribution in [2.24, 2.45) is 0 Å². The van der Waals surface area contributed by atoms with E-state index < -0.39 is 17.4 Å². The Morgan fingerprint density at radius 1 is 1.46 bits per heavy atom. The van der Waals surface area contributed by atoms with Crippen molar-refractivity contribution in [3.05, 3.63) is 23.0 Å². The molecule has 1 saturated carbocycles. The number of aryl methyl sites for hydroxylation is 1. The lowest BCUT2D eigenvalue weighted by molar-refractivity contribution is -0.143. The van der Waals surface area contributed by atoms with Crippen LogP contribution in [0.3, 0.4) is 0 Å². The molecule has 1 aliphatic heterocycles. The molecule has 2 aromatic heterocycles. The number of carboxylic acid groups (broad SMARTS) is 1. The Morgan fingerprint density at radius 3 is 2.88 bits per heavy atom. The van der Waals surface area contributed by atoms with E-state index in [1.165, 1.54) is 11.8 Å². The summed E-state index contributed by atoms with van der Waals surface area (Å²) < 4.78 is 5.24. The number of aliphatic carboxylic acids is 1. The van der Waals surface area contributed by atoms with Crippen molar-refractivity contribution >= 4 is 34.7 Å². The zero-order valence-electron chi connectivity index (χ0n) is 13.2. The normalized spacial score (nSPS) is 23.5. The number of nitrogens with zero attached hydrogens (tertiary/aromatic N) is 2. The first-order valence-electron chi connectivity index (χ1n) is 7.91. The summed E-state index contributed by atoms with van der Waals surface area (Å²) in [6, 6.07) is 1.76. The number of carboxylic acids is 1. The van der Waals surface area contributed by atoms with Gasteiger partial charge in [-0.1, -0.05) is 5.16 Å². The number of rotatable bonds is 4. The van der Waals surface area contributed by atoms with Gasteiger partial charge in [0.1, 0.15) is 5.54 Å². The van der Waals surface area contributed by atoms with Gasteiger partial charge in [0.25, 0.3) is 11.6 Å². The van der Waals surface area contributed by atoms with E-state index in [0.29, 0.717) is 40.4 Å². The SMILES string of the molecule is Cc1noc2nc(C3CC3)cc(C(=O)NC3(C(=O)O)CCSC3)c12. The largest absolute Gasteiger partial charge is 0.479 e. The highest BCUT2D eigenvalue weighted by Crippen LogP contribution is 2.40. The van der Waals surface area contributed by atoms with E-state index in [4.69, 9.17) is 4.52 Å². The van der Waals surface area contributed by atoms with E-state index in [0.717, 1.165) is 24.3 Å². The Bertz CT molecular complexity index is 837. The zero-order valence-corrected chi connectivity index (χ0v) is 14.0. The zero-order chi connectivity index (χ0) is 16.9. The third-order valence-electron chi connectivity index (χ3n) is 4.66. The minimum Gasteiger partial charge on any atom is -0.479 e. The third-order valence-corrected chi connectivity index (χ3v) is 5.85. The number of thioether (sulfide) groups is 1. The van der Waals surface area contributed by atoms with Crippen LogP contribution in [0.15, 0.2) is 10.6 Å². The molecule has 0 radical (unpaired) electrons. The van der Waals surface area contributed by atoms with Crippen molar-refractivity contribution in [2.75, 3.05) is 11.5 Å². The number of amides is 1. The van der Waals surface area contributed by atoms with Crippen molar-refractivity contribution in [1.29, 1.82) is 0 Å². The number of nitrogens with one attached hydrogen (secondary N) is 1. The Balaban J connectivity index is 1.75. The molecule has 1 unspecified atom stereocenters. The number of aromatic nitrogens is 2. The first kappa shape index (κ1) is 15.4. The van der Waals surface area contributed by atoms with E-state index >= 15 is 0 Å². The lowest BCUT2D eigenvalue weighted by atomic mass is 9.97. The van der Waals surface area contributed by atoms with Gasteiger partial charge in [-0.3, -0.25) is 4.79 Å². The standard InChI is InChI=1S/C16H17N3O4S/c1-8-12-10(6-11(9-2-3-9)17-14(12)23-19-8)13(20)18-16(15(21)22)4-5-24-7-16/h6,9H,2-5,7H2,1H3,(H,18,20)(H,21,22). The fourth-order valence-electron chi connectivity index (χ4n) is 3.05. The van der Waals surface area contributed by atoms with Crippen molar-refractivity contribution in [3.8, 4) is 0 Å². The molecule has 7 nitrogen and oxygen atoms in total. The third kappa shape index (κ3) is 2.45. The molecular weight excluding hydrogens is 330 g/mol. The fraction of sp³-hybridized carbons (Fsp3) is 0.500. The average molecular weight is 347 g/mol. The molecule has 2 aromatic rings. The molecule has 3 heterocycles. The Kier molecular flexibility index (Phi) is 3.52. The van der Waals surface area contributed by atoms with Gasteiger partial charge in [0.2, 0.25) is 0 Å². The lowest BCUT2D eigenvalue weighted by Gasteiger charge is -2.24. The summed E-state index contributed by atoms with van der Waals surface area (Å²) in [5.41, 5.74) is 0.928. The average Bonchev–Trinajstić information content (AvgIpc) is 3.19. The van der Waals surface area contributed by atoms with Crippen LogP contribution in [-0.2, 0) is 4.79 Å². The van der Waals surface area contributed by atoms with Crippen molar-refractivity contribution in [1.82, 2.24) is 15.5 Å². The molecule has 2 N–H and O–H groups in total. The quantitative estimate of drug-likeness (QED) is 0.872. The molecule has 24 heavy (non-hydrogen) atoms. The van der Waals surface area contributed by atoms with E-state index in [2.05, 4.69) is 15.5 Å². The summed E-state index contributed by atoms with van der Waals surface area (Å²) in [7, 11) is 0. The lowest BCUT2D eigenvalue weighted by Crippen LogP contribution is -2.54. The molecule has 1 amide bonds. The van der Waals surface area contributed by atoms with E-state index in [1.54, 1.807) is 13.0 Å². The topological polar surface area (TPSA) is 105 Å². The van der Waals surface area contributed by atoms with Gasteiger partial charge >= 0.3 is 5.97 Å². The molecule has 1 aliphatic carbocycles. The minimum atomic E-state index is -1.21. The van der Waals surface area contributed by atoms with Crippen molar-refractivity contribution < 1.29 is 19.2 Å². The summed E-state index contributed by atoms with van der Waals surface area (Å²) in [6.07, 6.45) is 2.51. The summed E-state index contributed by atoms with van der Waals surface area (Å²) in [5, 5.41) is 16.8. The second-order valence-corrected chi connectivity index (χ2v) is 7.57. The smallest absolute Gasteiger partial charge is 0.330 e. The van der Waals surface area contributed by atoms with Crippen LogP contribution in [0.2, 0.25) is 0 Å². The second kappa shape index (κ2) is 5.47. The Morgan fingerprint density at radius 2 is 2.25 bits per heavy atom. The molecule has 2 aliphatic rings. The molecule has 0 spiro atoms. The van der Waals surface area contributed by atoms with Crippen LogP contribution in [-0.4, -0.2) is 44.2 Å². The summed E-state index contributed by atoms with van der Waals surface area (Å²) in [6.45, 7) is 1.75. The molecule has 126 valence electrons. The van der Waals surface area contributed by atoms with Crippen LogP contribution in [0.1, 0.15) is 46.9 Å². The van der Waals surface area contributed by atoms with E-state index in [1.807, 2.05) is 0 Å². The highest BCUT2D eigenvalue weighted by Gasteiger charge is 2.44. The molecule has 4 rings (SSSR count). The van der Waals surface area contributed by atoms with E-state index in [-0.39, 0.29) is 0 Å². The van der Waals surface area contributed by atoms with Crippen LogP contribution >= 0.6 is 11.8 Å². The Labute approximate surface area is 142 Å². The maximum absolute atomic E-state index is 12.9. The number of carbonyl (C=O) groups is 2. The molecular formula is C16H17N3O4S. The van der Waals surface area contributed by atoms with Gasteiger partial charge in [0.15, 0.2) is 0 Å². The maximum atomic E-state index is 12.9. The monoisotopic (exact) mass is 347 g/mol. The van der Waals surface area contributed by atoms with E-state index in [9.17, 15) is 14.7 Å². The first-order chi connectivity index (χ1) is 11.5. The second-order valence-electron chi connectivity index (χ2n) is 6.46. The number of carbonyl (C=O) groups excluding carboxylic acids is 1. The highest BCUT2D eigenvalue weighted by molar-refractivity contribution is 7.99. The predicted molar refractivity (Wildman–Crippen MR) is 88.3 cm³/mol. The van der Waals surface area contributed by atoms with Gasteiger partial charge in [0.05, 0.1) is 16.6 Å². The van der Waals surface area contributed by atoms with Gasteiger partial charge in [-0.05, 0) is 38.0 Å². The van der Waals surface area contributed by atoms with Gasteiger partial charge in [-0.15, -0.1) is 0 Å². The van der Waals surface area contributed by atoms with Crippen LogP contribution in [0.5, 0.6) is 0 Å². The fourth-order valence-corrected chi connectivity index (χ4v) is 4.38. The Hall–Kier alpha value is -2.09. The summed E-state index contributed by atoms with van der Waals surface area (Å²) >= 11 is 1.53. The van der Waals surface area contributed by atoms with Crippen molar-refractivity contribution in [3.63, 3.8) is 0 Å². The molecule has 1 atom stereocenters. The van der Waals surface area contributed by atoms with Crippen LogP contribution in [0.25, 0.3) is 11.1 Å². The van der Waals surface area contributed by atoms with Crippen LogP contribution in [0.4, 0.5) is 0 Å². The highest BCUT2D eigenvalue weighted by atomic mass is 32.2. The summed E-state index contributed by atoms with van der Waals surface area (Å²) in [5.74, 6) is 0.0520. The number of fused-ring (bicyclic) bond motifs is 1. The predicted octanol–water partition coefficient (Wildman–Crippen LogP) is 2.10. The van der Waals surface area contributed by atoms with Crippen LogP contribution < -0.4 is 5.32 Å². The van der Waals surface area contributed by atoms with Crippen LogP contribution in [0, 0.1) is 6.92 Å². The number of hydrogen-bond donors (Lipinski definition) is 2. The van der Waals surface area contributed by atoms with Crippen molar-refractivity contribution in [2.45, 2.75) is 37.6 Å².